The van der Waals surface area contributed by atoms with E-state index in [1.54, 1.807) is 30.3 Å². The van der Waals surface area contributed by atoms with Gasteiger partial charge in [0.05, 0.1) is 16.1 Å². The molecule has 2 rings (SSSR count). The fourth-order valence-electron chi connectivity index (χ4n) is 1.72. The van der Waals surface area contributed by atoms with E-state index in [9.17, 15) is 13.6 Å². The number of rotatable bonds is 3. The molecule has 0 unspecified atom stereocenters. The normalized spacial score (nSPS) is 12.2. The molecule has 0 aliphatic heterocycles. The fourth-order valence-corrected chi connectivity index (χ4v) is 2.05. The number of ketones is 1. The van der Waals surface area contributed by atoms with Crippen LogP contribution >= 0.6 is 15.9 Å². The van der Waals surface area contributed by atoms with Gasteiger partial charge in [-0.1, -0.05) is 30.3 Å². The van der Waals surface area contributed by atoms with E-state index in [1.807, 2.05) is 0 Å². The van der Waals surface area contributed by atoms with E-state index >= 15 is 0 Å². The lowest BCUT2D eigenvalue weighted by Gasteiger charge is -2.12. The largest absolute Gasteiger partial charge is 0.318 e. The van der Waals surface area contributed by atoms with Gasteiger partial charge in [-0.2, -0.15) is 0 Å². The maximum absolute atomic E-state index is 13.8. The van der Waals surface area contributed by atoms with Gasteiger partial charge < -0.3 is 5.73 Å². The first-order valence-electron chi connectivity index (χ1n) is 5.50. The van der Waals surface area contributed by atoms with Crippen LogP contribution in [0.4, 0.5) is 8.78 Å². The van der Waals surface area contributed by atoms with Gasteiger partial charge in [-0.25, -0.2) is 8.78 Å². The first-order chi connectivity index (χ1) is 9.02. The molecule has 2 aromatic carbocycles. The summed E-state index contributed by atoms with van der Waals surface area (Å²) in [6.45, 7) is 0. The summed E-state index contributed by atoms with van der Waals surface area (Å²) in [7, 11) is 0. The molecule has 0 saturated carbocycles. The van der Waals surface area contributed by atoms with Gasteiger partial charge >= 0.3 is 0 Å². The zero-order chi connectivity index (χ0) is 14.0. The number of hydrogen-bond donors (Lipinski definition) is 1. The first-order valence-corrected chi connectivity index (χ1v) is 6.30. The van der Waals surface area contributed by atoms with Crippen molar-refractivity contribution in [2.75, 3.05) is 0 Å². The molecule has 0 bridgehead atoms. The molecule has 0 amide bonds. The highest BCUT2D eigenvalue weighted by Gasteiger charge is 2.25. The van der Waals surface area contributed by atoms with Gasteiger partial charge in [0.2, 0.25) is 0 Å². The molecule has 19 heavy (non-hydrogen) atoms. The van der Waals surface area contributed by atoms with Crippen molar-refractivity contribution in [1.82, 2.24) is 0 Å². The summed E-state index contributed by atoms with van der Waals surface area (Å²) in [5, 5.41) is 0. The number of Topliss-reactive ketones (excluding diaryl/α,β-unsaturated/α-hetero) is 1. The van der Waals surface area contributed by atoms with Crippen LogP contribution in [0.25, 0.3) is 0 Å². The molecule has 0 aliphatic carbocycles. The van der Waals surface area contributed by atoms with Gasteiger partial charge in [-0.3, -0.25) is 4.79 Å². The summed E-state index contributed by atoms with van der Waals surface area (Å²) in [6, 6.07) is 9.58. The number of hydrogen-bond acceptors (Lipinski definition) is 2. The minimum absolute atomic E-state index is 0.0255. The number of carbonyl (C=O) groups excluding carboxylic acids is 1. The Morgan fingerprint density at radius 2 is 1.74 bits per heavy atom. The molecule has 0 radical (unpaired) electrons. The Bertz CT molecular complexity index is 616. The Hall–Kier alpha value is -1.59. The molecule has 1 atom stereocenters. The molecule has 0 saturated heterocycles. The van der Waals surface area contributed by atoms with Gasteiger partial charge in [0, 0.05) is 0 Å². The summed E-state index contributed by atoms with van der Waals surface area (Å²) in [4.78, 5) is 12.1. The second kappa shape index (κ2) is 5.59. The van der Waals surface area contributed by atoms with Crippen LogP contribution in [-0.4, -0.2) is 5.78 Å². The zero-order valence-electron chi connectivity index (χ0n) is 9.74. The molecular formula is C14H10BrF2NO. The third kappa shape index (κ3) is 2.72. The molecule has 0 spiro atoms. The van der Waals surface area contributed by atoms with Gasteiger partial charge in [0.25, 0.3) is 0 Å². The van der Waals surface area contributed by atoms with Crippen molar-refractivity contribution in [2.24, 2.45) is 5.73 Å². The summed E-state index contributed by atoms with van der Waals surface area (Å²) >= 11 is 2.92. The van der Waals surface area contributed by atoms with Crippen LogP contribution < -0.4 is 5.73 Å². The van der Waals surface area contributed by atoms with E-state index in [2.05, 4.69) is 15.9 Å². The minimum atomic E-state index is -1.10. The van der Waals surface area contributed by atoms with Crippen molar-refractivity contribution in [3.8, 4) is 0 Å². The summed E-state index contributed by atoms with van der Waals surface area (Å²) in [5.74, 6) is -2.64. The predicted molar refractivity (Wildman–Crippen MR) is 71.8 cm³/mol. The maximum atomic E-state index is 13.8. The standard InChI is InChI=1S/C14H10BrF2NO/c15-9-6-7-10(16)11(12(9)17)14(19)13(18)8-4-2-1-3-5-8/h1-7,13H,18H2/t13-/m1/s1. The average Bonchev–Trinajstić information content (AvgIpc) is 2.43. The molecular weight excluding hydrogens is 316 g/mol. The van der Waals surface area contributed by atoms with E-state index in [0.29, 0.717) is 5.56 Å². The van der Waals surface area contributed by atoms with Crippen molar-refractivity contribution in [3.63, 3.8) is 0 Å². The van der Waals surface area contributed by atoms with Gasteiger partial charge in [-0.15, -0.1) is 0 Å². The van der Waals surface area contributed by atoms with Crippen LogP contribution in [0, 0.1) is 11.6 Å². The molecule has 2 N–H and O–H groups in total. The average molecular weight is 326 g/mol. The van der Waals surface area contributed by atoms with Gasteiger partial charge in [0.1, 0.15) is 5.82 Å². The molecule has 0 fully saturated rings. The van der Waals surface area contributed by atoms with Gasteiger partial charge in [0.15, 0.2) is 11.6 Å². The van der Waals surface area contributed by atoms with Crippen LogP contribution in [0.15, 0.2) is 46.9 Å². The van der Waals surface area contributed by atoms with E-state index < -0.39 is 29.0 Å². The molecule has 0 aromatic heterocycles. The highest BCUT2D eigenvalue weighted by Crippen LogP contribution is 2.25. The minimum Gasteiger partial charge on any atom is -0.318 e. The monoisotopic (exact) mass is 325 g/mol. The Kier molecular flexibility index (Phi) is 4.07. The Balaban J connectivity index is 2.43. The van der Waals surface area contributed by atoms with Crippen molar-refractivity contribution < 1.29 is 13.6 Å². The topological polar surface area (TPSA) is 43.1 Å². The molecule has 2 nitrogen and oxygen atoms in total. The fraction of sp³-hybridized carbons (Fsp3) is 0.0714. The first kappa shape index (κ1) is 13.8. The van der Waals surface area contributed by atoms with Crippen molar-refractivity contribution in [3.05, 3.63) is 69.7 Å². The number of nitrogens with two attached hydrogens (primary N) is 1. The number of benzene rings is 2. The molecule has 5 heteroatoms. The Morgan fingerprint density at radius 3 is 2.37 bits per heavy atom. The van der Waals surface area contributed by atoms with Crippen LogP contribution in [0.2, 0.25) is 0 Å². The van der Waals surface area contributed by atoms with E-state index in [4.69, 9.17) is 5.73 Å². The van der Waals surface area contributed by atoms with Gasteiger partial charge in [-0.05, 0) is 33.6 Å². The predicted octanol–water partition coefficient (Wildman–Crippen LogP) is 3.61. The lowest BCUT2D eigenvalue weighted by atomic mass is 9.97. The van der Waals surface area contributed by atoms with Crippen molar-refractivity contribution in [2.45, 2.75) is 6.04 Å². The Labute approximate surface area is 117 Å². The third-order valence-corrected chi connectivity index (χ3v) is 3.34. The third-order valence-electron chi connectivity index (χ3n) is 2.73. The zero-order valence-corrected chi connectivity index (χ0v) is 11.3. The molecule has 0 heterocycles. The molecule has 2 aromatic rings. The lowest BCUT2D eigenvalue weighted by molar-refractivity contribution is 0.0953. The SMILES string of the molecule is N[C@@H](C(=O)c1c(F)ccc(Br)c1F)c1ccccc1. The quantitative estimate of drug-likeness (QED) is 0.692. The second-order valence-electron chi connectivity index (χ2n) is 3.97. The highest BCUT2D eigenvalue weighted by molar-refractivity contribution is 9.10. The van der Waals surface area contributed by atoms with Crippen molar-refractivity contribution in [1.29, 1.82) is 0 Å². The molecule has 0 aliphatic rings. The lowest BCUT2D eigenvalue weighted by Crippen LogP contribution is -2.23. The van der Waals surface area contributed by atoms with E-state index in [-0.39, 0.29) is 4.47 Å². The van der Waals surface area contributed by atoms with E-state index in [0.717, 1.165) is 6.07 Å². The van der Waals surface area contributed by atoms with Crippen molar-refractivity contribution >= 4 is 21.7 Å². The van der Waals surface area contributed by atoms with Crippen LogP contribution in [-0.2, 0) is 0 Å². The number of halogens is 3. The van der Waals surface area contributed by atoms with Crippen LogP contribution in [0.3, 0.4) is 0 Å². The smallest absolute Gasteiger partial charge is 0.189 e. The maximum Gasteiger partial charge on any atom is 0.189 e. The van der Waals surface area contributed by atoms with Crippen LogP contribution in [0.1, 0.15) is 22.0 Å². The summed E-state index contributed by atoms with van der Waals surface area (Å²) in [6.07, 6.45) is 0. The van der Waals surface area contributed by atoms with Crippen LogP contribution in [0.5, 0.6) is 0 Å². The highest BCUT2D eigenvalue weighted by atomic mass is 79.9. The number of carbonyl (C=O) groups is 1. The van der Waals surface area contributed by atoms with E-state index in [1.165, 1.54) is 6.07 Å². The summed E-state index contributed by atoms with van der Waals surface area (Å²) < 4.78 is 27.5. The summed E-state index contributed by atoms with van der Waals surface area (Å²) in [5.41, 5.74) is 5.65. The molecule has 98 valence electrons. The second-order valence-corrected chi connectivity index (χ2v) is 4.83. The Morgan fingerprint density at radius 1 is 1.11 bits per heavy atom.